The molecule has 0 aliphatic heterocycles. The maximum Gasteiger partial charge on any atom is 0.313 e. The first-order valence-corrected chi connectivity index (χ1v) is 9.24. The van der Waals surface area contributed by atoms with Crippen LogP contribution in [0.1, 0.15) is 61.8 Å². The van der Waals surface area contributed by atoms with E-state index in [-0.39, 0.29) is 34.6 Å². The van der Waals surface area contributed by atoms with Crippen LogP contribution in [0.2, 0.25) is 0 Å². The zero-order valence-electron chi connectivity index (χ0n) is 17.1. The van der Waals surface area contributed by atoms with Crippen molar-refractivity contribution in [3.8, 4) is 0 Å². The Morgan fingerprint density at radius 1 is 0.840 bits per heavy atom. The molecule has 4 nitrogen and oxygen atoms in total. The monoisotopic (exact) mass is 350 g/mol. The molecule has 4 heteroatoms. The van der Waals surface area contributed by atoms with Crippen molar-refractivity contribution in [1.29, 1.82) is 0 Å². The van der Waals surface area contributed by atoms with Crippen LogP contribution in [0.4, 0.5) is 0 Å². The number of carbonyl (C=O) groups excluding carboxylic acids is 2. The highest BCUT2D eigenvalue weighted by atomic mass is 16.5. The van der Waals surface area contributed by atoms with E-state index in [1.54, 1.807) is 0 Å². The molecule has 0 aromatic carbocycles. The van der Waals surface area contributed by atoms with Gasteiger partial charge in [0.2, 0.25) is 0 Å². The van der Waals surface area contributed by atoms with Gasteiger partial charge in [0.15, 0.2) is 0 Å². The van der Waals surface area contributed by atoms with Crippen LogP contribution in [0.15, 0.2) is 12.2 Å². The topological polar surface area (TPSA) is 52.6 Å². The Kier molecular flexibility index (Phi) is 4.91. The Hall–Kier alpha value is -1.32. The minimum Gasteiger partial charge on any atom is -0.465 e. The first kappa shape index (κ1) is 20.0. The lowest BCUT2D eigenvalue weighted by atomic mass is 9.59. The summed E-state index contributed by atoms with van der Waals surface area (Å²) in [5, 5.41) is 0. The Bertz CT molecular complexity index is 528. The number of allylic oxidation sites excluding steroid dienone is 2. The summed E-state index contributed by atoms with van der Waals surface area (Å²) in [5.74, 6) is -0.515. The molecular weight excluding hydrogens is 316 g/mol. The molecule has 0 saturated heterocycles. The number of ether oxygens (including phenoxy) is 2. The van der Waals surface area contributed by atoms with Crippen LogP contribution in [-0.4, -0.2) is 25.2 Å². The van der Waals surface area contributed by atoms with Gasteiger partial charge in [0.1, 0.15) is 0 Å². The molecule has 1 saturated carbocycles. The number of esters is 2. The average molecular weight is 350 g/mol. The lowest BCUT2D eigenvalue weighted by Crippen LogP contribution is -2.53. The van der Waals surface area contributed by atoms with Crippen LogP contribution in [0.3, 0.4) is 0 Å². The van der Waals surface area contributed by atoms with Gasteiger partial charge in [-0.2, -0.15) is 0 Å². The van der Waals surface area contributed by atoms with Gasteiger partial charge in [0, 0.05) is 0 Å². The fourth-order valence-electron chi connectivity index (χ4n) is 3.92. The summed E-state index contributed by atoms with van der Waals surface area (Å²) in [4.78, 5) is 26.1. The standard InChI is InChI=1S/C21H34O4/c1-18(2,3)12-24-16(22)20(7)14-9-10-15(11-14)21(20,8)17(23)25-13-19(4,5)6/h9-10,14-15H,11-13H2,1-8H3. The van der Waals surface area contributed by atoms with Gasteiger partial charge in [0.05, 0.1) is 24.0 Å². The van der Waals surface area contributed by atoms with Gasteiger partial charge < -0.3 is 9.47 Å². The lowest BCUT2D eigenvalue weighted by molar-refractivity contribution is -0.183. The maximum atomic E-state index is 13.1. The molecule has 2 aliphatic carbocycles. The van der Waals surface area contributed by atoms with E-state index in [1.807, 2.05) is 55.4 Å². The summed E-state index contributed by atoms with van der Waals surface area (Å²) in [6.07, 6.45) is 4.95. The molecule has 0 amide bonds. The third-order valence-corrected chi connectivity index (χ3v) is 5.77. The van der Waals surface area contributed by atoms with Crippen LogP contribution in [0, 0.1) is 33.5 Å². The van der Waals surface area contributed by atoms with E-state index in [1.165, 1.54) is 0 Å². The van der Waals surface area contributed by atoms with Crippen molar-refractivity contribution in [3.05, 3.63) is 12.2 Å². The molecule has 2 aliphatic rings. The number of rotatable bonds is 4. The summed E-state index contributed by atoms with van der Waals surface area (Å²) >= 11 is 0. The van der Waals surface area contributed by atoms with Crippen molar-refractivity contribution in [3.63, 3.8) is 0 Å². The summed E-state index contributed by atoms with van der Waals surface area (Å²) in [7, 11) is 0. The third kappa shape index (κ3) is 3.50. The number of hydrogen-bond donors (Lipinski definition) is 0. The normalized spacial score (nSPS) is 34.2. The van der Waals surface area contributed by atoms with Gasteiger partial charge in [-0.05, 0) is 42.9 Å². The van der Waals surface area contributed by atoms with Gasteiger partial charge in [-0.1, -0.05) is 53.7 Å². The maximum absolute atomic E-state index is 13.1. The first-order valence-electron chi connectivity index (χ1n) is 9.24. The Labute approximate surface area is 152 Å². The fourth-order valence-corrected chi connectivity index (χ4v) is 3.92. The largest absolute Gasteiger partial charge is 0.465 e. The quantitative estimate of drug-likeness (QED) is 0.557. The molecule has 0 radical (unpaired) electrons. The zero-order valence-corrected chi connectivity index (χ0v) is 17.1. The number of hydrogen-bond acceptors (Lipinski definition) is 4. The Balaban J connectivity index is 2.26. The molecule has 25 heavy (non-hydrogen) atoms. The molecule has 0 N–H and O–H groups in total. The smallest absolute Gasteiger partial charge is 0.313 e. The van der Waals surface area contributed by atoms with Crippen LogP contribution in [-0.2, 0) is 19.1 Å². The molecule has 4 unspecified atom stereocenters. The SMILES string of the molecule is CC(C)(C)COC(=O)C1(C)C2C=CC(C2)C1(C)C(=O)OCC(C)(C)C. The predicted molar refractivity (Wildman–Crippen MR) is 97.8 cm³/mol. The molecule has 142 valence electrons. The summed E-state index contributed by atoms with van der Waals surface area (Å²) in [6.45, 7) is 16.6. The average Bonchev–Trinajstić information content (AvgIpc) is 3.03. The molecule has 0 spiro atoms. The third-order valence-electron chi connectivity index (χ3n) is 5.77. The molecule has 0 aromatic heterocycles. The lowest BCUT2D eigenvalue weighted by Gasteiger charge is -2.44. The van der Waals surface area contributed by atoms with E-state index in [0.717, 1.165) is 6.42 Å². The van der Waals surface area contributed by atoms with Crippen molar-refractivity contribution in [2.75, 3.05) is 13.2 Å². The van der Waals surface area contributed by atoms with Gasteiger partial charge in [-0.25, -0.2) is 0 Å². The second-order valence-electron chi connectivity index (χ2n) is 10.5. The first-order chi connectivity index (χ1) is 11.2. The Morgan fingerprint density at radius 2 is 1.16 bits per heavy atom. The molecule has 0 aromatic rings. The summed E-state index contributed by atoms with van der Waals surface area (Å²) < 4.78 is 11.3. The van der Waals surface area contributed by atoms with E-state index in [2.05, 4.69) is 12.2 Å². The minimum atomic E-state index is -0.882. The van der Waals surface area contributed by atoms with Crippen LogP contribution in [0.25, 0.3) is 0 Å². The molecule has 0 heterocycles. The van der Waals surface area contributed by atoms with E-state index >= 15 is 0 Å². The fraction of sp³-hybridized carbons (Fsp3) is 0.810. The summed E-state index contributed by atoms with van der Waals surface area (Å²) in [6, 6.07) is 0. The number of fused-ring (bicyclic) bond motifs is 2. The van der Waals surface area contributed by atoms with Crippen molar-refractivity contribution in [1.82, 2.24) is 0 Å². The van der Waals surface area contributed by atoms with Gasteiger partial charge >= 0.3 is 11.9 Å². The summed E-state index contributed by atoms with van der Waals surface area (Å²) in [5.41, 5.74) is -1.98. The highest BCUT2D eigenvalue weighted by molar-refractivity contribution is 5.90. The molecule has 4 atom stereocenters. The second kappa shape index (κ2) is 6.14. The zero-order chi connectivity index (χ0) is 19.3. The van der Waals surface area contributed by atoms with Gasteiger partial charge in [-0.3, -0.25) is 9.59 Å². The van der Waals surface area contributed by atoms with Crippen molar-refractivity contribution >= 4 is 11.9 Å². The van der Waals surface area contributed by atoms with Crippen LogP contribution in [0.5, 0.6) is 0 Å². The van der Waals surface area contributed by atoms with E-state index in [9.17, 15) is 9.59 Å². The van der Waals surface area contributed by atoms with Crippen molar-refractivity contribution in [2.24, 2.45) is 33.5 Å². The predicted octanol–water partition coefficient (Wildman–Crippen LogP) is 4.38. The van der Waals surface area contributed by atoms with Crippen LogP contribution < -0.4 is 0 Å². The molecule has 2 rings (SSSR count). The second-order valence-corrected chi connectivity index (χ2v) is 10.5. The van der Waals surface area contributed by atoms with E-state index < -0.39 is 10.8 Å². The highest BCUT2D eigenvalue weighted by Gasteiger charge is 2.69. The molecule has 2 bridgehead atoms. The number of carbonyl (C=O) groups is 2. The Morgan fingerprint density at radius 3 is 1.44 bits per heavy atom. The highest BCUT2D eigenvalue weighted by Crippen LogP contribution is 2.64. The van der Waals surface area contributed by atoms with E-state index in [4.69, 9.17) is 9.47 Å². The van der Waals surface area contributed by atoms with E-state index in [0.29, 0.717) is 13.2 Å². The van der Waals surface area contributed by atoms with Crippen LogP contribution >= 0.6 is 0 Å². The minimum absolute atomic E-state index is 0.0251. The van der Waals surface area contributed by atoms with Gasteiger partial charge in [-0.15, -0.1) is 0 Å². The van der Waals surface area contributed by atoms with Crippen molar-refractivity contribution < 1.29 is 19.1 Å². The molecule has 1 fully saturated rings. The molecular formula is C21H34O4. The van der Waals surface area contributed by atoms with Gasteiger partial charge in [0.25, 0.3) is 0 Å². The van der Waals surface area contributed by atoms with Crippen molar-refractivity contribution in [2.45, 2.75) is 61.8 Å².